The maximum atomic E-state index is 5.38. The largest absolute Gasteiger partial charge is 0.379 e. The van der Waals surface area contributed by atoms with Crippen LogP contribution in [0.3, 0.4) is 0 Å². The van der Waals surface area contributed by atoms with E-state index < -0.39 is 0 Å². The molecule has 0 saturated carbocycles. The number of nitrogens with zero attached hydrogens (tertiary/aromatic N) is 4. The molecule has 0 aliphatic carbocycles. The van der Waals surface area contributed by atoms with Gasteiger partial charge in [-0.2, -0.15) is 0 Å². The summed E-state index contributed by atoms with van der Waals surface area (Å²) in [7, 11) is 0. The number of benzene rings is 1. The van der Waals surface area contributed by atoms with Gasteiger partial charge < -0.3 is 9.72 Å². The fourth-order valence-electron chi connectivity index (χ4n) is 3.19. The van der Waals surface area contributed by atoms with Crippen molar-refractivity contribution >= 4 is 10.9 Å². The van der Waals surface area contributed by atoms with Crippen LogP contribution < -0.4 is 0 Å². The molecule has 126 valence electrons. The monoisotopic (exact) mass is 325 g/mol. The predicted octanol–water partition coefficient (Wildman–Crippen LogP) is 2.54. The number of aryl methyl sites for hydroxylation is 1. The van der Waals surface area contributed by atoms with E-state index >= 15 is 0 Å². The number of aromatic nitrogens is 4. The van der Waals surface area contributed by atoms with Crippen molar-refractivity contribution in [2.24, 2.45) is 0 Å². The molecule has 1 fully saturated rings. The van der Waals surface area contributed by atoms with Gasteiger partial charge in [0.1, 0.15) is 5.69 Å². The lowest BCUT2D eigenvalue weighted by Gasteiger charge is -2.26. The molecule has 2 aromatic heterocycles. The molecule has 0 radical (unpaired) electrons. The van der Waals surface area contributed by atoms with Crippen LogP contribution >= 0.6 is 0 Å². The van der Waals surface area contributed by atoms with Crippen LogP contribution in [0.2, 0.25) is 0 Å². The molecule has 1 aromatic carbocycles. The molecular weight excluding hydrogens is 302 g/mol. The summed E-state index contributed by atoms with van der Waals surface area (Å²) in [6, 6.07) is 8.41. The number of unbranched alkanes of at least 4 members (excludes halogenated alkanes) is 1. The van der Waals surface area contributed by atoms with E-state index in [2.05, 4.69) is 44.5 Å². The molecule has 1 N–H and O–H groups in total. The van der Waals surface area contributed by atoms with Gasteiger partial charge in [0.05, 0.1) is 19.4 Å². The van der Waals surface area contributed by atoms with Gasteiger partial charge in [-0.05, 0) is 37.6 Å². The van der Waals surface area contributed by atoms with Crippen LogP contribution in [0.25, 0.3) is 22.2 Å². The van der Waals surface area contributed by atoms with E-state index in [0.717, 1.165) is 62.6 Å². The Morgan fingerprint density at radius 1 is 1.08 bits per heavy atom. The number of morpholine rings is 1. The molecule has 0 atom stereocenters. The summed E-state index contributed by atoms with van der Waals surface area (Å²) in [5.74, 6) is 0. The van der Waals surface area contributed by atoms with Gasteiger partial charge in [-0.15, -0.1) is 5.10 Å². The van der Waals surface area contributed by atoms with Crippen LogP contribution in [-0.2, 0) is 11.3 Å². The van der Waals surface area contributed by atoms with E-state index in [4.69, 9.17) is 4.74 Å². The molecule has 1 saturated heterocycles. The zero-order chi connectivity index (χ0) is 16.2. The molecule has 1 aliphatic rings. The average molecular weight is 325 g/mol. The smallest absolute Gasteiger partial charge is 0.113 e. The van der Waals surface area contributed by atoms with Crippen molar-refractivity contribution in [3.05, 3.63) is 36.7 Å². The summed E-state index contributed by atoms with van der Waals surface area (Å²) in [6.45, 7) is 5.94. The van der Waals surface area contributed by atoms with Crippen molar-refractivity contribution in [1.29, 1.82) is 0 Å². The van der Waals surface area contributed by atoms with Gasteiger partial charge in [0.15, 0.2) is 0 Å². The van der Waals surface area contributed by atoms with Crippen molar-refractivity contribution in [3.8, 4) is 11.3 Å². The second-order valence-corrected chi connectivity index (χ2v) is 6.31. The minimum Gasteiger partial charge on any atom is -0.379 e. The summed E-state index contributed by atoms with van der Waals surface area (Å²) in [5, 5.41) is 9.79. The molecular formula is C18H23N5O. The highest BCUT2D eigenvalue weighted by atomic mass is 16.5. The normalized spacial score (nSPS) is 16.0. The Hall–Kier alpha value is -2.18. The number of hydrogen-bond acceptors (Lipinski definition) is 4. The zero-order valence-corrected chi connectivity index (χ0v) is 13.8. The van der Waals surface area contributed by atoms with Gasteiger partial charge in [-0.25, -0.2) is 0 Å². The van der Waals surface area contributed by atoms with Crippen LogP contribution in [0.5, 0.6) is 0 Å². The molecule has 0 bridgehead atoms. The molecule has 24 heavy (non-hydrogen) atoms. The quantitative estimate of drug-likeness (QED) is 0.708. The first kappa shape index (κ1) is 15.4. The standard InChI is InChI=1S/C18H23N5O/c1(7-22-9-11-24-12-10-22)2-8-23-14-18(20-21-23)15-3-4-17-16(13-15)5-6-19-17/h3-6,13-14,19H,1-2,7-12H2. The Morgan fingerprint density at radius 3 is 2.88 bits per heavy atom. The number of nitrogens with one attached hydrogen (secondary N) is 1. The lowest BCUT2D eigenvalue weighted by atomic mass is 10.1. The molecule has 3 heterocycles. The summed E-state index contributed by atoms with van der Waals surface area (Å²) < 4.78 is 7.33. The third kappa shape index (κ3) is 3.49. The summed E-state index contributed by atoms with van der Waals surface area (Å²) >= 11 is 0. The molecule has 0 amide bonds. The van der Waals surface area contributed by atoms with E-state index in [1.165, 1.54) is 11.8 Å². The van der Waals surface area contributed by atoms with E-state index in [-0.39, 0.29) is 0 Å². The molecule has 6 heteroatoms. The maximum Gasteiger partial charge on any atom is 0.113 e. The van der Waals surface area contributed by atoms with Gasteiger partial charge in [0.2, 0.25) is 0 Å². The maximum absolute atomic E-state index is 5.38. The first-order valence-electron chi connectivity index (χ1n) is 8.66. The third-order valence-corrected chi connectivity index (χ3v) is 4.60. The second-order valence-electron chi connectivity index (χ2n) is 6.31. The highest BCUT2D eigenvalue weighted by Crippen LogP contribution is 2.22. The fraction of sp³-hybridized carbons (Fsp3) is 0.444. The number of aromatic amines is 1. The topological polar surface area (TPSA) is 59.0 Å². The summed E-state index contributed by atoms with van der Waals surface area (Å²) in [5.41, 5.74) is 3.20. The lowest BCUT2D eigenvalue weighted by Crippen LogP contribution is -2.36. The molecule has 3 aromatic rings. The van der Waals surface area contributed by atoms with Crippen molar-refractivity contribution in [3.63, 3.8) is 0 Å². The first-order valence-corrected chi connectivity index (χ1v) is 8.66. The Kier molecular flexibility index (Phi) is 4.57. The number of ether oxygens (including phenoxy) is 1. The van der Waals surface area contributed by atoms with Crippen molar-refractivity contribution < 1.29 is 4.74 Å². The Morgan fingerprint density at radius 2 is 1.96 bits per heavy atom. The van der Waals surface area contributed by atoms with Gasteiger partial charge in [-0.1, -0.05) is 11.3 Å². The summed E-state index contributed by atoms with van der Waals surface area (Å²) in [6.07, 6.45) is 6.31. The van der Waals surface area contributed by atoms with E-state index in [1.54, 1.807) is 0 Å². The average Bonchev–Trinajstić information content (AvgIpc) is 3.28. The van der Waals surface area contributed by atoms with Gasteiger partial charge in [0.25, 0.3) is 0 Å². The second kappa shape index (κ2) is 7.15. The highest BCUT2D eigenvalue weighted by molar-refractivity contribution is 5.84. The molecule has 0 unspecified atom stereocenters. The highest BCUT2D eigenvalue weighted by Gasteiger charge is 2.09. The lowest BCUT2D eigenvalue weighted by molar-refractivity contribution is 0.0370. The van der Waals surface area contributed by atoms with E-state index in [1.807, 2.05) is 17.1 Å². The zero-order valence-electron chi connectivity index (χ0n) is 13.8. The van der Waals surface area contributed by atoms with Crippen LogP contribution in [0.15, 0.2) is 36.7 Å². The predicted molar refractivity (Wildman–Crippen MR) is 93.8 cm³/mol. The molecule has 6 nitrogen and oxygen atoms in total. The third-order valence-electron chi connectivity index (χ3n) is 4.60. The number of rotatable bonds is 6. The van der Waals surface area contributed by atoms with Crippen molar-refractivity contribution in [2.75, 3.05) is 32.8 Å². The Labute approximate surface area is 141 Å². The number of hydrogen-bond donors (Lipinski definition) is 1. The molecule has 4 rings (SSSR count). The first-order chi connectivity index (χ1) is 11.9. The van der Waals surface area contributed by atoms with Gasteiger partial charge >= 0.3 is 0 Å². The molecule has 1 aliphatic heterocycles. The fourth-order valence-corrected chi connectivity index (χ4v) is 3.19. The number of H-pyrrole nitrogens is 1. The SMILES string of the molecule is c1cc2cc(-c3cn(CCCCN4CCOCC4)nn3)ccc2[nH]1. The molecule has 0 spiro atoms. The van der Waals surface area contributed by atoms with E-state index in [0.29, 0.717) is 0 Å². The van der Waals surface area contributed by atoms with Gasteiger partial charge in [0, 0.05) is 42.3 Å². The Bertz CT molecular complexity index is 787. The minimum absolute atomic E-state index is 0.873. The van der Waals surface area contributed by atoms with Crippen molar-refractivity contribution in [1.82, 2.24) is 24.9 Å². The van der Waals surface area contributed by atoms with E-state index in [9.17, 15) is 0 Å². The van der Waals surface area contributed by atoms with Crippen LogP contribution in [0.1, 0.15) is 12.8 Å². The van der Waals surface area contributed by atoms with Crippen LogP contribution in [0.4, 0.5) is 0 Å². The number of fused-ring (bicyclic) bond motifs is 1. The van der Waals surface area contributed by atoms with Crippen LogP contribution in [-0.4, -0.2) is 57.7 Å². The van der Waals surface area contributed by atoms with Gasteiger partial charge in [-0.3, -0.25) is 9.58 Å². The van der Waals surface area contributed by atoms with Crippen LogP contribution in [0, 0.1) is 0 Å². The minimum atomic E-state index is 0.873. The summed E-state index contributed by atoms with van der Waals surface area (Å²) in [4.78, 5) is 5.69. The Balaban J connectivity index is 1.31. The van der Waals surface area contributed by atoms with Crippen molar-refractivity contribution in [2.45, 2.75) is 19.4 Å².